The Morgan fingerprint density at radius 2 is 2.10 bits per heavy atom. The Labute approximate surface area is 174 Å². The van der Waals surface area contributed by atoms with Gasteiger partial charge in [-0.1, -0.05) is 11.6 Å². The zero-order chi connectivity index (χ0) is 21.0. The summed E-state index contributed by atoms with van der Waals surface area (Å²) in [7, 11) is 1.64. The highest BCUT2D eigenvalue weighted by molar-refractivity contribution is 6.32. The molecule has 0 bridgehead atoms. The molecule has 0 aliphatic carbocycles. The molecule has 156 valence electrons. The van der Waals surface area contributed by atoms with Crippen LogP contribution in [0.25, 0.3) is 11.3 Å². The van der Waals surface area contributed by atoms with Crippen molar-refractivity contribution in [2.75, 3.05) is 31.9 Å². The highest BCUT2D eigenvalue weighted by Gasteiger charge is 2.24. The summed E-state index contributed by atoms with van der Waals surface area (Å²) in [6.45, 7) is 3.95. The number of ether oxygens (including phenoxy) is 2. The fourth-order valence-corrected chi connectivity index (χ4v) is 3.75. The van der Waals surface area contributed by atoms with Crippen LogP contribution in [0.5, 0.6) is 5.75 Å². The number of methoxy groups -OCH3 is 1. The van der Waals surface area contributed by atoms with Crippen molar-refractivity contribution in [3.05, 3.63) is 51.3 Å². The van der Waals surface area contributed by atoms with E-state index in [-0.39, 0.29) is 11.6 Å². The minimum atomic E-state index is -1.24. The normalized spacial score (nSPS) is 16.2. The summed E-state index contributed by atoms with van der Waals surface area (Å²) in [5, 5.41) is 11.9. The van der Waals surface area contributed by atoms with Gasteiger partial charge in [0.05, 0.1) is 17.3 Å². The molecule has 29 heavy (non-hydrogen) atoms. The van der Waals surface area contributed by atoms with E-state index in [0.717, 1.165) is 25.8 Å². The maximum Gasteiger partial charge on any atom is 0.341 e. The Morgan fingerprint density at radius 1 is 1.31 bits per heavy atom. The lowest BCUT2D eigenvalue weighted by atomic mass is 10.1. The third kappa shape index (κ3) is 4.74. The van der Waals surface area contributed by atoms with E-state index >= 15 is 0 Å². The van der Waals surface area contributed by atoms with Crippen molar-refractivity contribution >= 4 is 17.6 Å². The molecule has 1 saturated heterocycles. The molecule has 1 atom stereocenters. The van der Waals surface area contributed by atoms with E-state index in [1.54, 1.807) is 23.9 Å². The van der Waals surface area contributed by atoms with Crippen LogP contribution in [0.15, 0.2) is 35.3 Å². The Morgan fingerprint density at radius 3 is 2.72 bits per heavy atom. The standard InChI is InChI=1S/C21H25ClN2O5/c1-14-5-3-8-23(14)24-13-16(21(26)27)19(25)12-18(24)15-6-7-20(17(22)11-15)29-10-4-9-28-2/h6-7,11-14H,3-5,8-10H2,1-2H3,(H,26,27). The molecule has 1 aliphatic heterocycles. The van der Waals surface area contributed by atoms with Gasteiger partial charge in [0.1, 0.15) is 11.3 Å². The minimum Gasteiger partial charge on any atom is -0.492 e. The fourth-order valence-electron chi connectivity index (χ4n) is 3.51. The average Bonchev–Trinajstić information content (AvgIpc) is 3.11. The Hall–Kier alpha value is -2.51. The van der Waals surface area contributed by atoms with Crippen molar-refractivity contribution < 1.29 is 19.4 Å². The van der Waals surface area contributed by atoms with Gasteiger partial charge in [0.15, 0.2) is 5.43 Å². The lowest BCUT2D eigenvalue weighted by Crippen LogP contribution is -2.39. The lowest BCUT2D eigenvalue weighted by molar-refractivity contribution is 0.0694. The number of rotatable bonds is 8. The molecule has 0 amide bonds. The first kappa shape index (κ1) is 21.2. The van der Waals surface area contributed by atoms with Crippen LogP contribution in [-0.2, 0) is 4.74 Å². The molecular formula is C21H25ClN2O5. The molecule has 0 radical (unpaired) electrons. The number of carboxylic acids is 1. The third-order valence-corrected chi connectivity index (χ3v) is 5.33. The van der Waals surface area contributed by atoms with Gasteiger partial charge < -0.3 is 19.6 Å². The molecule has 1 aliphatic rings. The fraction of sp³-hybridized carbons (Fsp3) is 0.429. The van der Waals surface area contributed by atoms with Crippen LogP contribution >= 0.6 is 11.6 Å². The first-order chi connectivity index (χ1) is 13.9. The molecule has 1 fully saturated rings. The summed E-state index contributed by atoms with van der Waals surface area (Å²) in [5.74, 6) is -0.683. The molecule has 1 unspecified atom stereocenters. The lowest BCUT2D eigenvalue weighted by Gasteiger charge is -2.30. The molecule has 7 nitrogen and oxygen atoms in total. The van der Waals surface area contributed by atoms with Crippen molar-refractivity contribution in [3.8, 4) is 17.0 Å². The Balaban J connectivity index is 1.99. The summed E-state index contributed by atoms with van der Waals surface area (Å²) >= 11 is 6.40. The van der Waals surface area contributed by atoms with Gasteiger partial charge in [-0.2, -0.15) is 0 Å². The molecular weight excluding hydrogens is 396 g/mol. The summed E-state index contributed by atoms with van der Waals surface area (Å²) in [4.78, 5) is 23.9. The zero-order valence-electron chi connectivity index (χ0n) is 16.6. The van der Waals surface area contributed by atoms with Gasteiger partial charge in [0.25, 0.3) is 0 Å². The predicted octanol–water partition coefficient (Wildman–Crippen LogP) is 3.40. The van der Waals surface area contributed by atoms with Gasteiger partial charge in [-0.05, 0) is 38.0 Å². The number of pyridine rings is 1. The number of hydrogen-bond acceptors (Lipinski definition) is 5. The molecule has 0 spiro atoms. The average molecular weight is 421 g/mol. The summed E-state index contributed by atoms with van der Waals surface area (Å²) in [5.41, 5.74) is 0.526. The van der Waals surface area contributed by atoms with Crippen molar-refractivity contribution in [1.82, 2.24) is 4.68 Å². The van der Waals surface area contributed by atoms with Crippen LogP contribution in [-0.4, -0.2) is 48.7 Å². The van der Waals surface area contributed by atoms with Crippen LogP contribution in [0.1, 0.15) is 36.5 Å². The number of halogens is 1. The SMILES string of the molecule is COCCCOc1ccc(-c2cc(=O)c(C(=O)O)cn2N2CCCC2C)cc1Cl. The van der Waals surface area contributed by atoms with E-state index in [2.05, 4.69) is 11.9 Å². The number of benzene rings is 1. The minimum absolute atomic E-state index is 0.233. The van der Waals surface area contributed by atoms with Gasteiger partial charge >= 0.3 is 5.97 Å². The van der Waals surface area contributed by atoms with Gasteiger partial charge in [-0.3, -0.25) is 9.47 Å². The highest BCUT2D eigenvalue weighted by atomic mass is 35.5. The second-order valence-corrected chi connectivity index (χ2v) is 7.49. The van der Waals surface area contributed by atoms with Crippen LogP contribution in [0.3, 0.4) is 0 Å². The molecule has 0 saturated carbocycles. The molecule has 8 heteroatoms. The first-order valence-corrected chi connectivity index (χ1v) is 9.98. The van der Waals surface area contributed by atoms with E-state index < -0.39 is 11.4 Å². The quantitative estimate of drug-likeness (QED) is 0.659. The van der Waals surface area contributed by atoms with Crippen molar-refractivity contribution in [2.24, 2.45) is 0 Å². The van der Waals surface area contributed by atoms with E-state index in [4.69, 9.17) is 21.1 Å². The summed E-state index contributed by atoms with van der Waals surface area (Å²) in [6, 6.07) is 6.91. The molecule has 2 heterocycles. The second kappa shape index (κ2) is 9.33. The van der Waals surface area contributed by atoms with Gasteiger partial charge in [-0.15, -0.1) is 0 Å². The van der Waals surface area contributed by atoms with Crippen LogP contribution in [0.2, 0.25) is 5.02 Å². The smallest absolute Gasteiger partial charge is 0.341 e. The third-order valence-electron chi connectivity index (χ3n) is 5.03. The zero-order valence-corrected chi connectivity index (χ0v) is 17.3. The van der Waals surface area contributed by atoms with E-state index in [1.165, 1.54) is 12.3 Å². The monoisotopic (exact) mass is 420 g/mol. The van der Waals surface area contributed by atoms with Crippen molar-refractivity contribution in [1.29, 1.82) is 0 Å². The number of nitrogens with zero attached hydrogens (tertiary/aromatic N) is 2. The maximum absolute atomic E-state index is 12.4. The van der Waals surface area contributed by atoms with Crippen molar-refractivity contribution in [3.63, 3.8) is 0 Å². The predicted molar refractivity (Wildman–Crippen MR) is 112 cm³/mol. The van der Waals surface area contributed by atoms with E-state index in [9.17, 15) is 14.7 Å². The molecule has 1 N–H and O–H groups in total. The van der Waals surface area contributed by atoms with Gasteiger partial charge in [0, 0.05) is 50.6 Å². The van der Waals surface area contributed by atoms with Crippen LogP contribution in [0, 0.1) is 0 Å². The first-order valence-electron chi connectivity index (χ1n) is 9.61. The topological polar surface area (TPSA) is 81.0 Å². The number of aromatic carboxylic acids is 1. The van der Waals surface area contributed by atoms with Crippen molar-refractivity contribution in [2.45, 2.75) is 32.2 Å². The largest absolute Gasteiger partial charge is 0.492 e. The number of aromatic nitrogens is 1. The van der Waals surface area contributed by atoms with Gasteiger partial charge in [-0.25, -0.2) is 4.79 Å². The number of carbonyl (C=O) groups is 1. The van der Waals surface area contributed by atoms with Crippen LogP contribution < -0.4 is 15.2 Å². The maximum atomic E-state index is 12.4. The second-order valence-electron chi connectivity index (χ2n) is 7.08. The summed E-state index contributed by atoms with van der Waals surface area (Å²) in [6.07, 6.45) is 4.16. The highest BCUT2D eigenvalue weighted by Crippen LogP contribution is 2.31. The Kier molecular flexibility index (Phi) is 6.82. The molecule has 1 aromatic carbocycles. The van der Waals surface area contributed by atoms with E-state index in [0.29, 0.717) is 35.2 Å². The van der Waals surface area contributed by atoms with Gasteiger partial charge in [0.2, 0.25) is 0 Å². The Bertz CT molecular complexity index is 943. The number of hydrogen-bond donors (Lipinski definition) is 1. The summed E-state index contributed by atoms with van der Waals surface area (Å²) < 4.78 is 12.5. The van der Waals surface area contributed by atoms with E-state index in [1.807, 2.05) is 6.07 Å². The molecule has 3 rings (SSSR count). The van der Waals surface area contributed by atoms with Crippen LogP contribution in [0.4, 0.5) is 0 Å². The molecule has 2 aromatic rings. The molecule has 1 aromatic heterocycles. The number of carboxylic acid groups (broad SMARTS) is 1.